The predicted molar refractivity (Wildman–Crippen MR) is 114 cm³/mol. The summed E-state index contributed by atoms with van der Waals surface area (Å²) >= 11 is 0. The van der Waals surface area contributed by atoms with Gasteiger partial charge in [0.15, 0.2) is 5.96 Å². The summed E-state index contributed by atoms with van der Waals surface area (Å²) in [7, 11) is 3.60. The second-order valence-corrected chi connectivity index (χ2v) is 7.05. The molecule has 0 amide bonds. The fraction of sp³-hybridized carbons (Fsp3) is 0.944. The van der Waals surface area contributed by atoms with Crippen molar-refractivity contribution in [3.8, 4) is 0 Å². The number of hydrogen-bond donors (Lipinski definition) is 1. The van der Waals surface area contributed by atoms with Crippen LogP contribution in [0.15, 0.2) is 4.99 Å². The van der Waals surface area contributed by atoms with Crippen molar-refractivity contribution in [2.75, 3.05) is 73.2 Å². The van der Waals surface area contributed by atoms with Crippen molar-refractivity contribution >= 4 is 29.9 Å². The second kappa shape index (κ2) is 13.1. The van der Waals surface area contributed by atoms with Crippen LogP contribution < -0.4 is 5.32 Å². The molecule has 148 valence electrons. The van der Waals surface area contributed by atoms with Crippen LogP contribution in [0.2, 0.25) is 0 Å². The zero-order valence-electron chi connectivity index (χ0n) is 16.2. The van der Waals surface area contributed by atoms with Crippen LogP contribution in [0.1, 0.15) is 26.2 Å². The van der Waals surface area contributed by atoms with Crippen LogP contribution in [0.25, 0.3) is 0 Å². The molecule has 0 aromatic carbocycles. The lowest BCUT2D eigenvalue weighted by Gasteiger charge is -2.23. The van der Waals surface area contributed by atoms with Gasteiger partial charge in [0.05, 0.1) is 19.8 Å². The number of nitrogens with one attached hydrogen (secondary N) is 1. The van der Waals surface area contributed by atoms with Crippen LogP contribution in [0.5, 0.6) is 0 Å². The van der Waals surface area contributed by atoms with Gasteiger partial charge in [0.25, 0.3) is 0 Å². The van der Waals surface area contributed by atoms with Crippen molar-refractivity contribution in [2.24, 2.45) is 16.8 Å². The molecular weight excluding hydrogens is 431 g/mol. The maximum Gasteiger partial charge on any atom is 0.193 e. The van der Waals surface area contributed by atoms with Gasteiger partial charge in [0.1, 0.15) is 0 Å². The lowest BCUT2D eigenvalue weighted by atomic mass is 10.1. The number of nitrogens with zero attached hydrogens (tertiary/aromatic N) is 3. The van der Waals surface area contributed by atoms with Crippen LogP contribution >= 0.6 is 24.0 Å². The molecule has 0 aromatic rings. The number of rotatable bonds is 9. The molecule has 6 nitrogen and oxygen atoms in total. The summed E-state index contributed by atoms with van der Waals surface area (Å²) < 4.78 is 10.7. The number of hydrogen-bond acceptors (Lipinski definition) is 4. The molecule has 0 bridgehead atoms. The molecular formula is C18H37IN4O2. The van der Waals surface area contributed by atoms with Gasteiger partial charge in [-0.25, -0.2) is 0 Å². The minimum absolute atomic E-state index is 0. The molecule has 2 aliphatic heterocycles. The van der Waals surface area contributed by atoms with Crippen LogP contribution in [-0.4, -0.2) is 89.0 Å². The van der Waals surface area contributed by atoms with Gasteiger partial charge < -0.3 is 24.6 Å². The molecule has 2 fully saturated rings. The standard InChI is InChI=1S/C18H36N4O2.HI/c1-4-7-21-8-5-16(13-21)12-20-18(19-2)22-9-6-17(14-22)15-24-11-10-23-3;/h16-17H,4-15H2,1-3H3,(H,19,20);1H. The van der Waals surface area contributed by atoms with E-state index in [9.17, 15) is 0 Å². The van der Waals surface area contributed by atoms with Crippen LogP contribution in [-0.2, 0) is 9.47 Å². The molecule has 2 rings (SSSR count). The molecule has 2 unspecified atom stereocenters. The van der Waals surface area contributed by atoms with Crippen LogP contribution in [0, 0.1) is 11.8 Å². The van der Waals surface area contributed by atoms with E-state index in [0.717, 1.165) is 38.1 Å². The maximum absolute atomic E-state index is 5.68. The lowest BCUT2D eigenvalue weighted by Crippen LogP contribution is -2.42. The number of likely N-dealkylation sites (tertiary alicyclic amines) is 2. The SMILES string of the molecule is CCCN1CCC(CNC(=NC)N2CCC(COCCOC)C2)C1.I. The summed E-state index contributed by atoms with van der Waals surface area (Å²) in [6, 6.07) is 0. The number of halogens is 1. The van der Waals surface area contributed by atoms with Crippen LogP contribution in [0.4, 0.5) is 0 Å². The Bertz CT molecular complexity index is 384. The third kappa shape index (κ3) is 7.97. The molecule has 1 N–H and O–H groups in total. The van der Waals surface area contributed by atoms with E-state index in [4.69, 9.17) is 9.47 Å². The molecule has 2 saturated heterocycles. The third-order valence-electron chi connectivity index (χ3n) is 5.04. The summed E-state index contributed by atoms with van der Waals surface area (Å²) in [5.74, 6) is 2.42. The Balaban J connectivity index is 0.00000312. The Hall–Kier alpha value is -0.120. The number of ether oxygens (including phenoxy) is 2. The van der Waals surface area contributed by atoms with Crippen molar-refractivity contribution in [2.45, 2.75) is 26.2 Å². The first-order chi connectivity index (χ1) is 11.8. The van der Waals surface area contributed by atoms with Crippen LogP contribution in [0.3, 0.4) is 0 Å². The molecule has 2 atom stereocenters. The van der Waals surface area contributed by atoms with Gasteiger partial charge in [-0.05, 0) is 38.3 Å². The minimum Gasteiger partial charge on any atom is -0.382 e. The molecule has 0 radical (unpaired) electrons. The Morgan fingerprint density at radius 3 is 2.68 bits per heavy atom. The van der Waals surface area contributed by atoms with E-state index in [2.05, 4.69) is 27.0 Å². The normalized spacial score (nSPS) is 24.6. The van der Waals surface area contributed by atoms with Gasteiger partial charge in [0.2, 0.25) is 0 Å². The number of aliphatic imine (C=N–C) groups is 1. The predicted octanol–water partition coefficient (Wildman–Crippen LogP) is 1.90. The fourth-order valence-corrected chi connectivity index (χ4v) is 3.72. The third-order valence-corrected chi connectivity index (χ3v) is 5.04. The Kier molecular flexibility index (Phi) is 12.0. The first-order valence-corrected chi connectivity index (χ1v) is 9.51. The number of guanidine groups is 1. The smallest absolute Gasteiger partial charge is 0.193 e. The quantitative estimate of drug-likeness (QED) is 0.243. The van der Waals surface area contributed by atoms with Gasteiger partial charge in [-0.1, -0.05) is 6.92 Å². The Morgan fingerprint density at radius 2 is 1.96 bits per heavy atom. The maximum atomic E-state index is 5.68. The first-order valence-electron chi connectivity index (χ1n) is 9.51. The van der Waals surface area contributed by atoms with Gasteiger partial charge in [0, 0.05) is 46.3 Å². The molecule has 7 heteroatoms. The van der Waals surface area contributed by atoms with E-state index in [-0.39, 0.29) is 24.0 Å². The molecule has 0 aliphatic carbocycles. The zero-order valence-corrected chi connectivity index (χ0v) is 18.5. The highest BCUT2D eigenvalue weighted by Crippen LogP contribution is 2.18. The highest BCUT2D eigenvalue weighted by Gasteiger charge is 2.26. The van der Waals surface area contributed by atoms with Crippen molar-refractivity contribution in [1.29, 1.82) is 0 Å². The van der Waals surface area contributed by atoms with E-state index < -0.39 is 0 Å². The van der Waals surface area contributed by atoms with E-state index in [0.29, 0.717) is 19.1 Å². The average Bonchev–Trinajstić information content (AvgIpc) is 3.23. The highest BCUT2D eigenvalue weighted by molar-refractivity contribution is 14.0. The fourth-order valence-electron chi connectivity index (χ4n) is 3.72. The second-order valence-electron chi connectivity index (χ2n) is 7.05. The van der Waals surface area contributed by atoms with Gasteiger partial charge in [-0.3, -0.25) is 4.99 Å². The molecule has 0 spiro atoms. The first kappa shape index (κ1) is 22.9. The molecule has 2 heterocycles. The van der Waals surface area contributed by atoms with Crippen molar-refractivity contribution in [3.05, 3.63) is 0 Å². The van der Waals surface area contributed by atoms with Gasteiger partial charge in [-0.2, -0.15) is 0 Å². The van der Waals surface area contributed by atoms with Crippen molar-refractivity contribution in [3.63, 3.8) is 0 Å². The Morgan fingerprint density at radius 1 is 1.16 bits per heavy atom. The zero-order chi connectivity index (χ0) is 17.2. The van der Waals surface area contributed by atoms with Crippen molar-refractivity contribution < 1.29 is 9.47 Å². The molecule has 25 heavy (non-hydrogen) atoms. The summed E-state index contributed by atoms with van der Waals surface area (Å²) in [4.78, 5) is 9.45. The monoisotopic (exact) mass is 468 g/mol. The molecule has 0 aromatic heterocycles. The van der Waals surface area contributed by atoms with E-state index >= 15 is 0 Å². The minimum atomic E-state index is 0. The van der Waals surface area contributed by atoms with Crippen molar-refractivity contribution in [1.82, 2.24) is 15.1 Å². The number of methoxy groups -OCH3 is 1. The van der Waals surface area contributed by atoms with Gasteiger partial charge in [-0.15, -0.1) is 24.0 Å². The van der Waals surface area contributed by atoms with Gasteiger partial charge >= 0.3 is 0 Å². The van der Waals surface area contributed by atoms with E-state index in [1.54, 1.807) is 7.11 Å². The highest BCUT2D eigenvalue weighted by atomic mass is 127. The van der Waals surface area contributed by atoms with E-state index in [1.807, 2.05) is 7.05 Å². The molecule has 2 aliphatic rings. The largest absolute Gasteiger partial charge is 0.382 e. The average molecular weight is 468 g/mol. The topological polar surface area (TPSA) is 49.3 Å². The summed E-state index contributed by atoms with van der Waals surface area (Å²) in [6.45, 7) is 11.3. The summed E-state index contributed by atoms with van der Waals surface area (Å²) in [5, 5.41) is 3.60. The lowest BCUT2D eigenvalue weighted by molar-refractivity contribution is 0.0536. The Labute approximate surface area is 170 Å². The van der Waals surface area contributed by atoms with E-state index in [1.165, 1.54) is 38.9 Å². The molecule has 0 saturated carbocycles. The summed E-state index contributed by atoms with van der Waals surface area (Å²) in [5.41, 5.74) is 0. The summed E-state index contributed by atoms with van der Waals surface area (Å²) in [6.07, 6.45) is 3.74.